The molecule has 88 valence electrons. The van der Waals surface area contributed by atoms with Gasteiger partial charge in [0.1, 0.15) is 0 Å². The molecule has 0 aromatic carbocycles. The molecule has 11 nitrogen and oxygen atoms in total. The van der Waals surface area contributed by atoms with Crippen molar-refractivity contribution in [1.82, 2.24) is 0 Å². The molecule has 0 saturated carbocycles. The van der Waals surface area contributed by atoms with Crippen LogP contribution in [0.5, 0.6) is 0 Å². The minimum Gasteiger partial charge on any atom is 2.00 e. The molecule has 0 aromatic heterocycles. The summed E-state index contributed by atoms with van der Waals surface area (Å²) in [6.45, 7) is 0. The van der Waals surface area contributed by atoms with E-state index in [2.05, 4.69) is 2.84 Å². The molecule has 0 fully saturated rings. The van der Waals surface area contributed by atoms with E-state index in [-0.39, 0.29) is 70.9 Å². The van der Waals surface area contributed by atoms with E-state index in [9.17, 15) is 23.5 Å². The maximum atomic E-state index is 9.38. The van der Waals surface area contributed by atoms with Gasteiger partial charge in [-0.25, -0.2) is 0 Å². The Balaban J connectivity index is -0.0000000904. The van der Waals surface area contributed by atoms with Crippen LogP contribution >= 0.6 is 7.82 Å². The van der Waals surface area contributed by atoms with Gasteiger partial charge < -0.3 is 14.7 Å². The van der Waals surface area contributed by atoms with Crippen LogP contribution in [0.15, 0.2) is 0 Å². The van der Waals surface area contributed by atoms with Gasteiger partial charge in [-0.1, -0.05) is 0 Å². The first kappa shape index (κ1) is 27.0. The SMILES string of the molecule is O=P([O-])(O)O.[K+].[O]=[Cr](=[O])([O-])[O][Cr](=[O])(=[O])[O-].[Zn+2]. The molecule has 0 amide bonds. The van der Waals surface area contributed by atoms with Crippen LogP contribution in [0.4, 0.5) is 0 Å². The second kappa shape index (κ2) is 10.3. The molecule has 0 bridgehead atoms. The number of hydrogen-bond donors (Lipinski definition) is 2. The first-order valence-corrected chi connectivity index (χ1v) is 7.79. The molecule has 16 heteroatoms. The third kappa shape index (κ3) is 54.8. The van der Waals surface area contributed by atoms with E-state index >= 15 is 0 Å². The van der Waals surface area contributed by atoms with Crippen molar-refractivity contribution >= 4 is 7.82 Å². The Morgan fingerprint density at radius 3 is 1.12 bits per heavy atom. The van der Waals surface area contributed by atoms with E-state index in [0.29, 0.717) is 0 Å². The Hall–Kier alpha value is 2.51. The van der Waals surface area contributed by atoms with Gasteiger partial charge in [-0.2, -0.15) is 0 Å². The van der Waals surface area contributed by atoms with E-state index in [1.807, 2.05) is 0 Å². The van der Waals surface area contributed by atoms with Crippen LogP contribution in [0.1, 0.15) is 0 Å². The predicted octanol–water partition coefficient (Wildman–Crippen LogP) is -7.49. The number of hydrogen-bond acceptors (Lipinski definition) is 9. The average Bonchev–Trinajstić information content (AvgIpc) is 1.42. The zero-order chi connectivity index (χ0) is 12.2. The normalized spacial score (nSPS) is 11.3. The molecule has 0 aliphatic carbocycles. The Morgan fingerprint density at radius 2 is 1.12 bits per heavy atom. The van der Waals surface area contributed by atoms with Gasteiger partial charge >= 0.3 is 124 Å². The van der Waals surface area contributed by atoms with Crippen molar-refractivity contribution in [1.29, 1.82) is 0 Å². The Bertz CT molecular complexity index is 361. The van der Waals surface area contributed by atoms with Gasteiger partial charge in [0.2, 0.25) is 0 Å². The molecule has 0 rings (SSSR count). The monoisotopic (exact) mass is 416 g/mol. The van der Waals surface area contributed by atoms with E-state index in [4.69, 9.17) is 19.2 Å². The van der Waals surface area contributed by atoms with E-state index in [0.717, 1.165) is 0 Å². The number of rotatable bonds is 2. The number of phosphoric acid groups is 1. The molecule has 0 unspecified atom stereocenters. The molecule has 0 spiro atoms. The van der Waals surface area contributed by atoms with Gasteiger partial charge in [-0.3, -0.25) is 4.57 Å². The fourth-order valence-electron chi connectivity index (χ4n) is 0.102. The molecule has 0 heterocycles. The van der Waals surface area contributed by atoms with E-state index in [1.165, 1.54) is 0 Å². The molecule has 0 saturated heterocycles. The maximum absolute atomic E-state index is 9.38. The summed E-state index contributed by atoms with van der Waals surface area (Å²) in [5.41, 5.74) is 0. The maximum Gasteiger partial charge on any atom is 2.00 e. The molecule has 0 aromatic rings. The molecule has 0 aliphatic heterocycles. The van der Waals surface area contributed by atoms with Crippen molar-refractivity contribution in [3.63, 3.8) is 0 Å². The summed E-state index contributed by atoms with van der Waals surface area (Å²) >= 11 is -12.1. The van der Waals surface area contributed by atoms with Crippen molar-refractivity contribution in [2.45, 2.75) is 0 Å². The molecule has 2 N–H and O–H groups in total. The molecule has 16 heavy (non-hydrogen) atoms. The molecular weight excluding hydrogens is 415 g/mol. The van der Waals surface area contributed by atoms with Crippen LogP contribution in [-0.2, 0) is 69.3 Å². The summed E-state index contributed by atoms with van der Waals surface area (Å²) < 4.78 is 67.7. The van der Waals surface area contributed by atoms with E-state index in [1.54, 1.807) is 0 Å². The van der Waals surface area contributed by atoms with Crippen molar-refractivity contribution in [2.24, 2.45) is 0 Å². The third-order valence-electron chi connectivity index (χ3n) is 0.167. The van der Waals surface area contributed by atoms with Crippen molar-refractivity contribution in [2.75, 3.05) is 0 Å². The average molecular weight is 417 g/mol. The zero-order valence-corrected chi connectivity index (χ0v) is 17.1. The first-order valence-electron chi connectivity index (χ1n) is 2.10. The van der Waals surface area contributed by atoms with Gasteiger partial charge in [0, 0.05) is 0 Å². The molecule has 0 atom stereocenters. The van der Waals surface area contributed by atoms with Gasteiger partial charge in [-0.15, -0.1) is 0 Å². The second-order valence-electron chi connectivity index (χ2n) is 1.38. The zero-order valence-electron chi connectivity index (χ0n) is 7.54. The van der Waals surface area contributed by atoms with Gasteiger partial charge in [-0.05, 0) is 0 Å². The summed E-state index contributed by atoms with van der Waals surface area (Å²) in [4.78, 5) is 22.9. The Labute approximate surface area is 149 Å². The van der Waals surface area contributed by atoms with Crippen LogP contribution in [0, 0.1) is 0 Å². The minimum absolute atomic E-state index is 0. The fourth-order valence-corrected chi connectivity index (χ4v) is 1.74. The summed E-state index contributed by atoms with van der Waals surface area (Å²) in [6.07, 6.45) is 0. The van der Waals surface area contributed by atoms with Crippen molar-refractivity contribution < 1.29 is 144 Å². The van der Waals surface area contributed by atoms with Crippen molar-refractivity contribution in [3.05, 3.63) is 0 Å². The largest absolute Gasteiger partial charge is 2.00 e. The second-order valence-corrected chi connectivity index (χ2v) is 5.99. The van der Waals surface area contributed by atoms with Crippen LogP contribution in [0.3, 0.4) is 0 Å². The standard InChI is InChI=1S/2Cr.K.H3O4P.7O.Zn/c;;;1-5(2,3)4;;;;;;;;/h;;;(H3,1,2,3,4);;;;;;;;/q;;+1;;;;;;;2*-1;+2/p-1. The summed E-state index contributed by atoms with van der Waals surface area (Å²) in [5.74, 6) is 0. The smallest absolute Gasteiger partial charge is 2.00 e. The van der Waals surface area contributed by atoms with Crippen LogP contribution in [0.2, 0.25) is 0 Å². The predicted molar refractivity (Wildman–Crippen MR) is 15.9 cm³/mol. The Kier molecular flexibility index (Phi) is 17.4. The summed E-state index contributed by atoms with van der Waals surface area (Å²) in [6, 6.07) is 0. The van der Waals surface area contributed by atoms with Gasteiger partial charge in [0.25, 0.3) is 7.82 Å². The first-order chi connectivity index (χ1) is 5.71. The topological polar surface area (TPSA) is 204 Å². The Morgan fingerprint density at radius 1 is 1.00 bits per heavy atom. The minimum atomic E-state index is -6.07. The fraction of sp³-hybridized carbons (Fsp3) is 0. The van der Waals surface area contributed by atoms with E-state index < -0.39 is 35.1 Å². The van der Waals surface area contributed by atoms with Crippen LogP contribution in [-0.4, -0.2) is 9.79 Å². The van der Waals surface area contributed by atoms with Gasteiger partial charge in [0.15, 0.2) is 0 Å². The summed E-state index contributed by atoms with van der Waals surface area (Å²) in [7, 11) is -4.89. The quantitative estimate of drug-likeness (QED) is 0.319. The van der Waals surface area contributed by atoms with Gasteiger partial charge in [0.05, 0.1) is 0 Å². The summed E-state index contributed by atoms with van der Waals surface area (Å²) in [5, 5.41) is 0. The molecule has 0 aliphatic rings. The third-order valence-corrected chi connectivity index (χ3v) is 2.83. The molecular formula is H2Cr2KO11PZn. The molecule has 0 radical (unpaired) electrons. The van der Waals surface area contributed by atoms with Crippen molar-refractivity contribution in [3.8, 4) is 0 Å². The van der Waals surface area contributed by atoms with Crippen LogP contribution in [0.25, 0.3) is 0 Å². The van der Waals surface area contributed by atoms with Crippen LogP contribution < -0.4 is 64.6 Å².